The number of ether oxygens (including phenoxy) is 6. The Morgan fingerprint density at radius 1 is 0.547 bits per heavy atom. The highest BCUT2D eigenvalue weighted by molar-refractivity contribution is 5.84. The van der Waals surface area contributed by atoms with E-state index in [2.05, 4.69) is 19.2 Å². The molecule has 0 aromatic carbocycles. The van der Waals surface area contributed by atoms with Crippen LogP contribution in [0.2, 0.25) is 0 Å². The lowest BCUT2D eigenvalue weighted by Crippen LogP contribution is -2.66. The number of rotatable bonds is 32. The number of aliphatic hydroxyl groups excluding tert-OH is 8. The molecule has 9 N–H and O–H groups in total. The van der Waals surface area contributed by atoms with Gasteiger partial charge in [0.1, 0.15) is 61.0 Å². The molecule has 2 amide bonds. The van der Waals surface area contributed by atoms with Gasteiger partial charge < -0.3 is 79.5 Å². The second kappa shape index (κ2) is 31.4. The van der Waals surface area contributed by atoms with E-state index in [1.807, 2.05) is 0 Å². The number of hydrogen-bond donors (Lipinski definition) is 9. The fourth-order valence-corrected chi connectivity index (χ4v) is 8.44. The van der Waals surface area contributed by atoms with Crippen molar-refractivity contribution in [2.75, 3.05) is 32.8 Å². The third-order valence-corrected chi connectivity index (χ3v) is 12.7. The van der Waals surface area contributed by atoms with E-state index in [1.54, 1.807) is 0 Å². The Kier molecular flexibility index (Phi) is 27.8. The topological polar surface area (TPSA) is 267 Å². The molecule has 18 heteroatoms. The van der Waals surface area contributed by atoms with Crippen LogP contribution in [0.5, 0.6) is 0 Å². The van der Waals surface area contributed by atoms with E-state index >= 15 is 0 Å². The molecule has 3 aliphatic heterocycles. The summed E-state index contributed by atoms with van der Waals surface area (Å²) in [5.41, 5.74) is 0. The summed E-state index contributed by atoms with van der Waals surface area (Å²) in [6.45, 7) is 6.55. The van der Waals surface area contributed by atoms with Crippen molar-refractivity contribution in [3.63, 3.8) is 0 Å². The zero-order chi connectivity index (χ0) is 47.0. The van der Waals surface area contributed by atoms with Crippen LogP contribution in [0.1, 0.15) is 156 Å². The highest BCUT2D eigenvalue weighted by Crippen LogP contribution is 2.33. The number of unbranched alkanes of at least 4 members (excludes halogenated alkanes) is 17. The van der Waals surface area contributed by atoms with Crippen LogP contribution < -0.4 is 5.32 Å². The van der Waals surface area contributed by atoms with E-state index in [4.69, 9.17) is 28.4 Å². The van der Waals surface area contributed by atoms with Crippen molar-refractivity contribution >= 4 is 11.8 Å². The van der Waals surface area contributed by atoms with Gasteiger partial charge in [0, 0.05) is 19.5 Å². The summed E-state index contributed by atoms with van der Waals surface area (Å²) in [6, 6.07) is 0. The minimum Gasteiger partial charge on any atom is -0.394 e. The van der Waals surface area contributed by atoms with Crippen LogP contribution in [0, 0.1) is 0 Å². The van der Waals surface area contributed by atoms with Crippen molar-refractivity contribution in [3.05, 3.63) is 0 Å². The maximum Gasteiger partial charge on any atom is 0.239 e. The van der Waals surface area contributed by atoms with Gasteiger partial charge in [-0.3, -0.25) is 9.59 Å². The van der Waals surface area contributed by atoms with E-state index in [0.717, 1.165) is 38.5 Å². The van der Waals surface area contributed by atoms with Crippen molar-refractivity contribution in [1.82, 2.24) is 10.2 Å². The van der Waals surface area contributed by atoms with Gasteiger partial charge in [0.15, 0.2) is 18.9 Å². The molecule has 18 nitrogen and oxygen atoms in total. The smallest absolute Gasteiger partial charge is 0.239 e. The largest absolute Gasteiger partial charge is 0.394 e. The van der Waals surface area contributed by atoms with Gasteiger partial charge in [-0.15, -0.1) is 0 Å². The fraction of sp³-hybridized carbons (Fsp3) is 0.957. The number of nitrogens with one attached hydrogen (secondary N) is 1. The third kappa shape index (κ3) is 18.8. The molecule has 0 saturated carbocycles. The van der Waals surface area contributed by atoms with Gasteiger partial charge in [-0.25, -0.2) is 0 Å². The second-order valence-electron chi connectivity index (χ2n) is 18.1. The van der Waals surface area contributed by atoms with E-state index in [1.165, 1.54) is 95.8 Å². The van der Waals surface area contributed by atoms with E-state index in [9.17, 15) is 50.4 Å². The van der Waals surface area contributed by atoms with E-state index in [0.29, 0.717) is 13.0 Å². The summed E-state index contributed by atoms with van der Waals surface area (Å²) in [5.74, 6) is -0.535. The number of carbonyl (C=O) groups excluding carboxylic acids is 2. The Morgan fingerprint density at radius 3 is 1.48 bits per heavy atom. The average Bonchev–Trinajstić information content (AvgIpc) is 3.28. The number of amides is 2. The molecule has 0 bridgehead atoms. The van der Waals surface area contributed by atoms with Crippen molar-refractivity contribution in [1.29, 1.82) is 0 Å². The minimum atomic E-state index is -1.79. The first kappa shape index (κ1) is 56.7. The Morgan fingerprint density at radius 2 is 1.00 bits per heavy atom. The van der Waals surface area contributed by atoms with Gasteiger partial charge in [-0.1, -0.05) is 123 Å². The Balaban J connectivity index is 1.68. The van der Waals surface area contributed by atoms with Crippen molar-refractivity contribution < 1.29 is 78.9 Å². The van der Waals surface area contributed by atoms with Gasteiger partial charge in [-0.05, 0) is 26.7 Å². The van der Waals surface area contributed by atoms with Crippen LogP contribution in [-0.2, 0) is 38.0 Å². The van der Waals surface area contributed by atoms with Crippen LogP contribution in [-0.4, -0.2) is 183 Å². The number of aliphatic hydroxyl groups is 8. The van der Waals surface area contributed by atoms with Crippen LogP contribution in [0.15, 0.2) is 0 Å². The Labute approximate surface area is 381 Å². The first-order valence-electron chi connectivity index (χ1n) is 24.6. The first-order valence-corrected chi connectivity index (χ1v) is 24.6. The lowest BCUT2D eigenvalue weighted by atomic mass is 9.96. The molecular formula is C46H86N2O16. The molecule has 0 aliphatic carbocycles. The predicted molar refractivity (Wildman–Crippen MR) is 235 cm³/mol. The summed E-state index contributed by atoms with van der Waals surface area (Å²) in [7, 11) is 0. The zero-order valence-electron chi connectivity index (χ0n) is 39.1. The highest BCUT2D eigenvalue weighted by atomic mass is 16.8. The quantitative estimate of drug-likeness (QED) is 0.0439. The van der Waals surface area contributed by atoms with Crippen LogP contribution >= 0.6 is 0 Å². The summed E-state index contributed by atoms with van der Waals surface area (Å²) < 4.78 is 35.2. The first-order chi connectivity index (χ1) is 30.7. The maximum absolute atomic E-state index is 13.6. The van der Waals surface area contributed by atoms with Crippen LogP contribution in [0.25, 0.3) is 0 Å². The van der Waals surface area contributed by atoms with Gasteiger partial charge in [-0.2, -0.15) is 0 Å². The van der Waals surface area contributed by atoms with Crippen LogP contribution in [0.3, 0.4) is 0 Å². The van der Waals surface area contributed by atoms with Crippen LogP contribution in [0.4, 0.5) is 0 Å². The average molecular weight is 923 g/mol. The zero-order valence-corrected chi connectivity index (χ0v) is 39.1. The summed E-state index contributed by atoms with van der Waals surface area (Å²) in [5, 5.41) is 88.0. The maximum atomic E-state index is 13.6. The Hall–Kier alpha value is -1.62. The molecule has 3 heterocycles. The van der Waals surface area contributed by atoms with E-state index < -0.39 is 98.7 Å². The highest BCUT2D eigenvalue weighted by Gasteiger charge is 2.53. The minimum absolute atomic E-state index is 0.0565. The third-order valence-electron chi connectivity index (χ3n) is 12.7. The number of hydrogen-bond acceptors (Lipinski definition) is 16. The Bertz CT molecular complexity index is 1260. The standard InChI is InChI=1S/C46H86N2O16/c1-5-7-9-11-13-15-17-19-21-23-25-47-33(50)28-48(34(51)24-22-20-18-16-14-12-10-8-6-2)26-27-59-46-43(64-45-40(57)38(55)36(53)31(4)61-45)41(58)42(32(29-49)62-46)63-44-39(56)37(54)35(52)30(3)60-44/h30-32,35-46,49,52-58H,5-29H2,1-4H3,(H,47,50)/t30-,31-,32+,35-,36-,37+,38+,39+,40+,41-,42+,43+,44-,45-,46+/m0/s1. The van der Waals surface area contributed by atoms with Gasteiger partial charge >= 0.3 is 0 Å². The molecule has 0 unspecified atom stereocenters. The molecule has 0 spiro atoms. The molecule has 0 aromatic rings. The number of nitrogens with zero attached hydrogens (tertiary/aromatic N) is 1. The van der Waals surface area contributed by atoms with Gasteiger partial charge in [0.2, 0.25) is 11.8 Å². The molecule has 0 aromatic heterocycles. The summed E-state index contributed by atoms with van der Waals surface area (Å²) in [4.78, 5) is 28.3. The lowest BCUT2D eigenvalue weighted by Gasteiger charge is -2.48. The van der Waals surface area contributed by atoms with Crippen molar-refractivity contribution in [3.8, 4) is 0 Å². The van der Waals surface area contributed by atoms with Gasteiger partial charge in [0.05, 0.1) is 32.0 Å². The van der Waals surface area contributed by atoms with E-state index in [-0.39, 0.29) is 37.9 Å². The van der Waals surface area contributed by atoms with Crippen molar-refractivity contribution in [2.24, 2.45) is 0 Å². The monoisotopic (exact) mass is 923 g/mol. The predicted octanol–water partition coefficient (Wildman–Crippen LogP) is 2.29. The SMILES string of the molecule is CCCCCCCCCCCCNC(=O)CN(CCO[C@@H]1O[C@H](CO)[C@@H](O[C@@H]2O[C@@H](C)[C@H](O)[C@@H](O)[C@H]2O)[C@H](O)[C@H]1O[C@@H]1O[C@@H](C)[C@H](O)[C@@H](O)[C@H]1O)C(=O)CCCCCCCCCCC. The molecular weight excluding hydrogens is 837 g/mol. The molecule has 0 radical (unpaired) electrons. The molecule has 3 fully saturated rings. The summed E-state index contributed by atoms with van der Waals surface area (Å²) in [6.07, 6.45) is -1.16. The molecule has 64 heavy (non-hydrogen) atoms. The van der Waals surface area contributed by atoms with Gasteiger partial charge in [0.25, 0.3) is 0 Å². The lowest BCUT2D eigenvalue weighted by molar-refractivity contribution is -0.384. The molecule has 3 rings (SSSR count). The molecule has 3 aliphatic rings. The molecule has 15 atom stereocenters. The molecule has 376 valence electrons. The molecule has 3 saturated heterocycles. The normalized spacial score (nSPS) is 33.3. The second-order valence-corrected chi connectivity index (χ2v) is 18.1. The summed E-state index contributed by atoms with van der Waals surface area (Å²) >= 11 is 0. The number of carbonyl (C=O) groups is 2. The fourth-order valence-electron chi connectivity index (χ4n) is 8.44. The van der Waals surface area contributed by atoms with Crippen molar-refractivity contribution in [2.45, 2.75) is 248 Å².